The number of aromatic nitrogens is 1. The van der Waals surface area contributed by atoms with Crippen LogP contribution in [-0.4, -0.2) is 39.2 Å². The molecule has 3 rings (SSSR count). The summed E-state index contributed by atoms with van der Waals surface area (Å²) >= 11 is 0. The zero-order chi connectivity index (χ0) is 23.4. The van der Waals surface area contributed by atoms with Gasteiger partial charge in [0.05, 0.1) is 4.90 Å². The molecular formula is C17H15ClF5NO5S2. The van der Waals surface area contributed by atoms with Crippen LogP contribution in [0.5, 0.6) is 0 Å². The smallest absolute Gasteiger partial charge is 0.306 e. The summed E-state index contributed by atoms with van der Waals surface area (Å²) in [5.41, 5.74) is -3.63. The summed E-state index contributed by atoms with van der Waals surface area (Å²) in [6, 6.07) is 5.23. The SMILES string of the molecule is Cc1ccc(S(=O)(=O)n2cc(S(=O)(=O)Cl)c3c2C[C@@](OC(F)F)(C(F)(F)F)CC3)cc1. The number of fused-ring (bicyclic) bond motifs is 1. The Hall–Kier alpha value is -1.70. The molecule has 1 aliphatic carbocycles. The van der Waals surface area contributed by atoms with E-state index in [1.165, 1.54) is 24.3 Å². The highest BCUT2D eigenvalue weighted by atomic mass is 35.7. The molecule has 0 amide bonds. The molecule has 0 aliphatic heterocycles. The summed E-state index contributed by atoms with van der Waals surface area (Å²) in [5, 5.41) is 0. The molecule has 1 aromatic heterocycles. The van der Waals surface area contributed by atoms with E-state index < -0.39 is 67.3 Å². The zero-order valence-electron chi connectivity index (χ0n) is 15.7. The number of benzene rings is 1. The van der Waals surface area contributed by atoms with Gasteiger partial charge in [-0.15, -0.1) is 0 Å². The van der Waals surface area contributed by atoms with Gasteiger partial charge in [-0.2, -0.15) is 22.0 Å². The van der Waals surface area contributed by atoms with Crippen LogP contribution < -0.4 is 0 Å². The van der Waals surface area contributed by atoms with Crippen LogP contribution in [0.25, 0.3) is 0 Å². The first-order valence-corrected chi connectivity index (χ1v) is 12.4. The van der Waals surface area contributed by atoms with Gasteiger partial charge in [-0.3, -0.25) is 0 Å². The van der Waals surface area contributed by atoms with Crippen molar-refractivity contribution in [2.75, 3.05) is 0 Å². The fourth-order valence-corrected chi connectivity index (χ4v) is 6.13. The van der Waals surface area contributed by atoms with Crippen molar-refractivity contribution in [1.29, 1.82) is 0 Å². The quantitative estimate of drug-likeness (QED) is 0.451. The van der Waals surface area contributed by atoms with Gasteiger partial charge in [0.15, 0.2) is 5.60 Å². The van der Waals surface area contributed by atoms with E-state index >= 15 is 0 Å². The first-order valence-electron chi connectivity index (χ1n) is 8.61. The third-order valence-corrected chi connectivity index (χ3v) is 8.14. The molecule has 0 saturated heterocycles. The molecule has 1 atom stereocenters. The van der Waals surface area contributed by atoms with Gasteiger partial charge in [0.2, 0.25) is 0 Å². The number of hydrogen-bond acceptors (Lipinski definition) is 5. The van der Waals surface area contributed by atoms with E-state index in [0.29, 0.717) is 15.7 Å². The van der Waals surface area contributed by atoms with Crippen LogP contribution in [0.2, 0.25) is 0 Å². The summed E-state index contributed by atoms with van der Waals surface area (Å²) in [6.45, 7) is -2.12. The third kappa shape index (κ3) is 4.32. The number of rotatable bonds is 5. The highest BCUT2D eigenvalue weighted by molar-refractivity contribution is 8.13. The summed E-state index contributed by atoms with van der Waals surface area (Å²) in [6.07, 6.45) is -7.77. The lowest BCUT2D eigenvalue weighted by molar-refractivity contribution is -0.330. The van der Waals surface area contributed by atoms with Crippen LogP contribution >= 0.6 is 10.7 Å². The molecule has 0 fully saturated rings. The molecule has 31 heavy (non-hydrogen) atoms. The molecule has 172 valence electrons. The van der Waals surface area contributed by atoms with E-state index in [-0.39, 0.29) is 10.5 Å². The monoisotopic (exact) mass is 507 g/mol. The van der Waals surface area contributed by atoms with Gasteiger partial charge in [-0.1, -0.05) is 17.7 Å². The number of hydrogen-bond donors (Lipinski definition) is 0. The van der Waals surface area contributed by atoms with E-state index in [1.54, 1.807) is 6.92 Å². The predicted molar refractivity (Wildman–Crippen MR) is 99.1 cm³/mol. The standard InChI is InChI=1S/C17H15ClF5NO5S2/c1-10-2-4-11(5-3-10)31(27,28)24-9-14(30(18,25)26)12-6-7-16(8-13(12)24,17(21,22)23)29-15(19)20/h2-5,9,15H,6-8H2,1H3/t16-/m1/s1. The highest BCUT2D eigenvalue weighted by Crippen LogP contribution is 2.47. The molecule has 1 aromatic carbocycles. The van der Waals surface area contributed by atoms with Gasteiger partial charge in [0.1, 0.15) is 4.90 Å². The minimum atomic E-state index is -5.29. The molecule has 0 spiro atoms. The van der Waals surface area contributed by atoms with Crippen molar-refractivity contribution >= 4 is 29.8 Å². The lowest BCUT2D eigenvalue weighted by Gasteiger charge is -2.38. The summed E-state index contributed by atoms with van der Waals surface area (Å²) in [5.74, 6) is 0. The van der Waals surface area contributed by atoms with Gasteiger partial charge < -0.3 is 4.74 Å². The number of aryl methyl sites for hydroxylation is 1. The van der Waals surface area contributed by atoms with Crippen LogP contribution in [0.1, 0.15) is 23.2 Å². The predicted octanol–water partition coefficient (Wildman–Crippen LogP) is 3.99. The van der Waals surface area contributed by atoms with Crippen molar-refractivity contribution in [3.63, 3.8) is 0 Å². The molecule has 2 aromatic rings. The Morgan fingerprint density at radius 2 is 1.71 bits per heavy atom. The van der Waals surface area contributed by atoms with Gasteiger partial charge in [-0.25, -0.2) is 20.8 Å². The van der Waals surface area contributed by atoms with Gasteiger partial charge in [0, 0.05) is 29.0 Å². The Bertz CT molecular complexity index is 1210. The van der Waals surface area contributed by atoms with Crippen molar-refractivity contribution in [1.82, 2.24) is 3.97 Å². The minimum Gasteiger partial charge on any atom is -0.306 e. The maximum absolute atomic E-state index is 13.7. The number of alkyl halides is 5. The Labute approximate surface area is 179 Å². The fraction of sp³-hybridized carbons (Fsp3) is 0.412. The minimum absolute atomic E-state index is 0.288. The number of halogens is 6. The lowest BCUT2D eigenvalue weighted by atomic mass is 9.83. The molecule has 0 radical (unpaired) electrons. The molecule has 0 N–H and O–H groups in total. The second-order valence-electron chi connectivity index (χ2n) is 7.02. The van der Waals surface area contributed by atoms with Gasteiger partial charge in [-0.05, 0) is 37.5 Å². The maximum atomic E-state index is 13.7. The van der Waals surface area contributed by atoms with E-state index in [1.807, 2.05) is 0 Å². The van der Waals surface area contributed by atoms with Crippen molar-refractivity contribution in [3.05, 3.63) is 47.3 Å². The average molecular weight is 508 g/mol. The second-order valence-corrected chi connectivity index (χ2v) is 11.4. The zero-order valence-corrected chi connectivity index (χ0v) is 18.0. The van der Waals surface area contributed by atoms with Crippen molar-refractivity contribution in [2.24, 2.45) is 0 Å². The average Bonchev–Trinajstić information content (AvgIpc) is 3.00. The topological polar surface area (TPSA) is 82.4 Å². The Kier molecular flexibility index (Phi) is 5.96. The van der Waals surface area contributed by atoms with Crippen LogP contribution in [0.15, 0.2) is 40.3 Å². The van der Waals surface area contributed by atoms with Crippen molar-refractivity contribution in [3.8, 4) is 0 Å². The number of ether oxygens (including phenoxy) is 1. The van der Waals surface area contributed by atoms with Gasteiger partial charge in [0.25, 0.3) is 19.1 Å². The summed E-state index contributed by atoms with van der Waals surface area (Å²) in [7, 11) is -3.77. The first-order chi connectivity index (χ1) is 14.1. The van der Waals surface area contributed by atoms with Gasteiger partial charge >= 0.3 is 12.8 Å². The van der Waals surface area contributed by atoms with Crippen LogP contribution in [0, 0.1) is 6.92 Å². The van der Waals surface area contributed by atoms with Crippen LogP contribution in [-0.2, 0) is 36.7 Å². The van der Waals surface area contributed by atoms with E-state index in [4.69, 9.17) is 10.7 Å². The Morgan fingerprint density at radius 3 is 2.19 bits per heavy atom. The molecule has 0 unspecified atom stereocenters. The lowest BCUT2D eigenvalue weighted by Crippen LogP contribution is -2.53. The third-order valence-electron chi connectivity index (χ3n) is 5.05. The van der Waals surface area contributed by atoms with E-state index in [0.717, 1.165) is 0 Å². The number of nitrogens with zero attached hydrogens (tertiary/aromatic N) is 1. The molecule has 6 nitrogen and oxygen atoms in total. The Morgan fingerprint density at radius 1 is 1.13 bits per heavy atom. The van der Waals surface area contributed by atoms with Crippen molar-refractivity contribution in [2.45, 2.75) is 54.4 Å². The summed E-state index contributed by atoms with van der Waals surface area (Å²) in [4.78, 5) is -1.04. The molecule has 14 heteroatoms. The van der Waals surface area contributed by atoms with Crippen LogP contribution in [0.3, 0.4) is 0 Å². The molecular weight excluding hydrogens is 493 g/mol. The largest absolute Gasteiger partial charge is 0.418 e. The first kappa shape index (κ1) is 24.0. The summed E-state index contributed by atoms with van der Waals surface area (Å²) < 4.78 is 121. The maximum Gasteiger partial charge on any atom is 0.418 e. The molecule has 1 heterocycles. The fourth-order valence-electron chi connectivity index (χ4n) is 3.50. The molecule has 0 saturated carbocycles. The highest BCUT2D eigenvalue weighted by Gasteiger charge is 2.60. The normalized spacial score (nSPS) is 20.1. The Balaban J connectivity index is 2.27. The molecule has 1 aliphatic rings. The second kappa shape index (κ2) is 7.71. The molecule has 0 bridgehead atoms. The van der Waals surface area contributed by atoms with Crippen LogP contribution in [0.4, 0.5) is 22.0 Å². The van der Waals surface area contributed by atoms with Crippen molar-refractivity contribution < 1.29 is 43.5 Å². The van der Waals surface area contributed by atoms with E-state index in [2.05, 4.69) is 4.74 Å². The van der Waals surface area contributed by atoms with E-state index in [9.17, 15) is 38.8 Å².